The van der Waals surface area contributed by atoms with Crippen molar-refractivity contribution in [3.63, 3.8) is 0 Å². The molecule has 2 atom stereocenters. The molecule has 0 saturated carbocycles. The molecule has 0 radical (unpaired) electrons. The van der Waals surface area contributed by atoms with E-state index in [-0.39, 0.29) is 17.6 Å². The summed E-state index contributed by atoms with van der Waals surface area (Å²) in [6, 6.07) is 12.4. The van der Waals surface area contributed by atoms with Crippen LogP contribution in [0.25, 0.3) is 0 Å². The van der Waals surface area contributed by atoms with Crippen LogP contribution >= 0.6 is 0 Å². The molecule has 0 amide bonds. The van der Waals surface area contributed by atoms with Gasteiger partial charge in [0.05, 0.1) is 0 Å². The van der Waals surface area contributed by atoms with Crippen LogP contribution in [0.2, 0.25) is 0 Å². The maximum absolute atomic E-state index is 9.54. The molecule has 1 aliphatic rings. The second-order valence-corrected chi connectivity index (χ2v) is 5.06. The Morgan fingerprint density at radius 1 is 0.952 bits per heavy atom. The van der Waals surface area contributed by atoms with Crippen LogP contribution in [0.4, 0.5) is 0 Å². The molecule has 2 unspecified atom stereocenters. The Balaban J connectivity index is 0.000000774. The van der Waals surface area contributed by atoms with Gasteiger partial charge in [-0.15, -0.1) is 0 Å². The average Bonchev–Trinajstić information content (AvgIpc) is 2.50. The van der Waals surface area contributed by atoms with Crippen molar-refractivity contribution in [2.45, 2.75) is 39.2 Å². The predicted octanol–water partition coefficient (Wildman–Crippen LogP) is 4.75. The van der Waals surface area contributed by atoms with Crippen molar-refractivity contribution in [2.24, 2.45) is 0 Å². The lowest BCUT2D eigenvalue weighted by Crippen LogP contribution is -2.17. The largest absolute Gasteiger partial charge is 0.508 e. The van der Waals surface area contributed by atoms with Crippen LogP contribution in [0.1, 0.15) is 50.3 Å². The maximum atomic E-state index is 9.54. The van der Waals surface area contributed by atoms with Gasteiger partial charge in [0.1, 0.15) is 23.4 Å². The molecule has 3 rings (SSSR count). The van der Waals surface area contributed by atoms with Gasteiger partial charge in [-0.05, 0) is 48.2 Å². The summed E-state index contributed by atoms with van der Waals surface area (Å²) in [5.74, 6) is 1.69. The quantitative estimate of drug-likeness (QED) is 0.795. The third-order valence-electron chi connectivity index (χ3n) is 3.63. The number of benzene rings is 2. The van der Waals surface area contributed by atoms with Crippen LogP contribution < -0.4 is 4.74 Å². The predicted molar refractivity (Wildman–Crippen MR) is 84.0 cm³/mol. The minimum Gasteiger partial charge on any atom is -0.508 e. The van der Waals surface area contributed by atoms with Crippen molar-refractivity contribution in [3.8, 4) is 17.2 Å². The Morgan fingerprint density at radius 3 is 2.24 bits per heavy atom. The fourth-order valence-corrected chi connectivity index (χ4v) is 2.57. The Labute approximate surface area is 125 Å². The highest BCUT2D eigenvalue weighted by atomic mass is 16.5. The van der Waals surface area contributed by atoms with E-state index in [1.165, 1.54) is 0 Å². The number of ether oxygens (including phenoxy) is 1. The summed E-state index contributed by atoms with van der Waals surface area (Å²) in [4.78, 5) is 0. The zero-order valence-corrected chi connectivity index (χ0v) is 12.7. The fourth-order valence-electron chi connectivity index (χ4n) is 2.57. The minimum atomic E-state index is -0.00681. The molecule has 3 nitrogen and oxygen atoms in total. The van der Waals surface area contributed by atoms with Gasteiger partial charge >= 0.3 is 0 Å². The molecule has 2 N–H and O–H groups in total. The van der Waals surface area contributed by atoms with E-state index in [0.29, 0.717) is 5.92 Å². The molecule has 3 heteroatoms. The molecule has 0 bridgehead atoms. The standard InChI is InChI=1S/C16H16O3.C2H6/c1-10-8-16(11-2-4-12(17)5-3-11)19-15-7-6-13(18)9-14(10)15;1-2/h2-7,9-10,16-18H,8H2,1H3;1-2H3. The molecule has 0 saturated heterocycles. The van der Waals surface area contributed by atoms with Crippen LogP contribution in [0.3, 0.4) is 0 Å². The second kappa shape index (κ2) is 6.53. The number of phenolic OH excluding ortho intramolecular Hbond substituents is 2. The van der Waals surface area contributed by atoms with Gasteiger partial charge in [-0.3, -0.25) is 0 Å². The molecule has 2 aromatic rings. The summed E-state index contributed by atoms with van der Waals surface area (Å²) in [5.41, 5.74) is 2.11. The highest BCUT2D eigenvalue weighted by molar-refractivity contribution is 5.44. The monoisotopic (exact) mass is 286 g/mol. The highest BCUT2D eigenvalue weighted by Crippen LogP contribution is 2.43. The molecule has 112 valence electrons. The first-order valence-corrected chi connectivity index (χ1v) is 7.42. The van der Waals surface area contributed by atoms with E-state index in [9.17, 15) is 10.2 Å². The highest BCUT2D eigenvalue weighted by Gasteiger charge is 2.26. The van der Waals surface area contributed by atoms with Gasteiger partial charge < -0.3 is 14.9 Å². The molecule has 0 spiro atoms. The number of aromatic hydroxyl groups is 2. The first kappa shape index (κ1) is 15.2. The van der Waals surface area contributed by atoms with E-state index in [1.54, 1.807) is 24.3 Å². The van der Waals surface area contributed by atoms with E-state index < -0.39 is 0 Å². The number of hydrogen-bond donors (Lipinski definition) is 2. The Bertz CT molecular complexity index is 590. The Kier molecular flexibility index (Phi) is 4.73. The summed E-state index contributed by atoms with van der Waals surface area (Å²) in [7, 11) is 0. The lowest BCUT2D eigenvalue weighted by Gasteiger charge is -2.30. The molecule has 1 heterocycles. The van der Waals surface area contributed by atoms with Crippen LogP contribution in [0.5, 0.6) is 17.2 Å². The summed E-state index contributed by atoms with van der Waals surface area (Å²) in [6.07, 6.45) is 0.856. The van der Waals surface area contributed by atoms with Crippen LogP contribution in [-0.2, 0) is 0 Å². The number of rotatable bonds is 1. The van der Waals surface area contributed by atoms with Crippen molar-refractivity contribution in [3.05, 3.63) is 53.6 Å². The normalized spacial score (nSPS) is 19.8. The van der Waals surface area contributed by atoms with E-state index >= 15 is 0 Å². The molecule has 0 aromatic heterocycles. The van der Waals surface area contributed by atoms with E-state index in [0.717, 1.165) is 23.3 Å². The van der Waals surface area contributed by atoms with Gasteiger partial charge in [-0.25, -0.2) is 0 Å². The molecule has 2 aromatic carbocycles. The lowest BCUT2D eigenvalue weighted by atomic mass is 9.89. The first-order chi connectivity index (χ1) is 10.1. The van der Waals surface area contributed by atoms with E-state index in [2.05, 4.69) is 6.92 Å². The SMILES string of the molecule is CC.CC1CC(c2ccc(O)cc2)Oc2ccc(O)cc21. The van der Waals surface area contributed by atoms with Crippen molar-refractivity contribution in [1.29, 1.82) is 0 Å². The van der Waals surface area contributed by atoms with Crippen LogP contribution in [-0.4, -0.2) is 10.2 Å². The van der Waals surface area contributed by atoms with E-state index in [1.807, 2.05) is 32.0 Å². The summed E-state index contributed by atoms with van der Waals surface area (Å²) < 4.78 is 5.99. The van der Waals surface area contributed by atoms with E-state index in [4.69, 9.17) is 4.74 Å². The lowest BCUT2D eigenvalue weighted by molar-refractivity contribution is 0.163. The number of fused-ring (bicyclic) bond motifs is 1. The van der Waals surface area contributed by atoms with Gasteiger partial charge in [0, 0.05) is 5.56 Å². The number of phenols is 2. The van der Waals surface area contributed by atoms with Gasteiger partial charge in [0.25, 0.3) is 0 Å². The first-order valence-electron chi connectivity index (χ1n) is 7.42. The van der Waals surface area contributed by atoms with Gasteiger partial charge in [0.2, 0.25) is 0 Å². The van der Waals surface area contributed by atoms with Crippen molar-refractivity contribution in [2.75, 3.05) is 0 Å². The molecule has 21 heavy (non-hydrogen) atoms. The molecule has 1 aliphatic heterocycles. The fraction of sp³-hybridized carbons (Fsp3) is 0.333. The van der Waals surface area contributed by atoms with Crippen LogP contribution in [0.15, 0.2) is 42.5 Å². The summed E-state index contributed by atoms with van der Waals surface area (Å²) in [6.45, 7) is 6.13. The molecule has 0 fully saturated rings. The van der Waals surface area contributed by atoms with Gasteiger partial charge in [-0.1, -0.05) is 32.9 Å². The number of hydrogen-bond acceptors (Lipinski definition) is 3. The van der Waals surface area contributed by atoms with Crippen molar-refractivity contribution < 1.29 is 14.9 Å². The molecular formula is C18H22O3. The average molecular weight is 286 g/mol. The minimum absolute atomic E-state index is 0.00681. The second-order valence-electron chi connectivity index (χ2n) is 5.06. The van der Waals surface area contributed by atoms with Gasteiger partial charge in [0.15, 0.2) is 0 Å². The van der Waals surface area contributed by atoms with Crippen molar-refractivity contribution >= 4 is 0 Å². The third-order valence-corrected chi connectivity index (χ3v) is 3.63. The molecular weight excluding hydrogens is 264 g/mol. The smallest absolute Gasteiger partial charge is 0.124 e. The topological polar surface area (TPSA) is 49.7 Å². The van der Waals surface area contributed by atoms with Gasteiger partial charge in [-0.2, -0.15) is 0 Å². The van der Waals surface area contributed by atoms with Crippen LogP contribution in [0, 0.1) is 0 Å². The zero-order valence-electron chi connectivity index (χ0n) is 12.7. The Hall–Kier alpha value is -2.16. The third kappa shape index (κ3) is 3.30. The zero-order chi connectivity index (χ0) is 15.4. The molecule has 0 aliphatic carbocycles. The summed E-state index contributed by atoms with van der Waals surface area (Å²) in [5, 5.41) is 18.9. The Morgan fingerprint density at radius 2 is 1.57 bits per heavy atom. The maximum Gasteiger partial charge on any atom is 0.124 e. The summed E-state index contributed by atoms with van der Waals surface area (Å²) >= 11 is 0. The van der Waals surface area contributed by atoms with Crippen molar-refractivity contribution in [1.82, 2.24) is 0 Å².